The standard InChI is InChI=1S/C14H22N2O4/c1-10-5-6-12(16(18)19)13(7-10)20-9-11(17)8-15-14(2,3)4/h5-7,11,15,17H,8-9H2,1-4H3/p+1/t11-/m0/s1. The Bertz CT molecular complexity index is 469. The molecule has 0 saturated heterocycles. The first-order chi connectivity index (χ1) is 9.19. The average Bonchev–Trinajstić information content (AvgIpc) is 2.32. The zero-order chi connectivity index (χ0) is 15.3. The largest absolute Gasteiger partial charge is 0.484 e. The van der Waals surface area contributed by atoms with Crippen LogP contribution >= 0.6 is 0 Å². The van der Waals surface area contributed by atoms with Crippen LogP contribution in [0.1, 0.15) is 26.3 Å². The van der Waals surface area contributed by atoms with E-state index in [0.29, 0.717) is 6.54 Å². The SMILES string of the molecule is Cc1ccc([N+](=O)[O-])c(OC[C@@H](O)C[NH2+]C(C)(C)C)c1. The maximum Gasteiger partial charge on any atom is 0.310 e. The molecule has 0 spiro atoms. The Morgan fingerprint density at radius 3 is 2.65 bits per heavy atom. The van der Waals surface area contributed by atoms with Gasteiger partial charge in [0.15, 0.2) is 5.75 Å². The molecule has 0 bridgehead atoms. The highest BCUT2D eigenvalue weighted by Crippen LogP contribution is 2.27. The highest BCUT2D eigenvalue weighted by atomic mass is 16.6. The van der Waals surface area contributed by atoms with E-state index in [1.807, 2.05) is 33.0 Å². The highest BCUT2D eigenvalue weighted by Gasteiger charge is 2.19. The summed E-state index contributed by atoms with van der Waals surface area (Å²) in [5.41, 5.74) is 0.819. The third kappa shape index (κ3) is 5.54. The number of quaternary nitrogens is 1. The van der Waals surface area contributed by atoms with Crippen molar-refractivity contribution in [2.75, 3.05) is 13.2 Å². The van der Waals surface area contributed by atoms with Gasteiger partial charge in [-0.1, -0.05) is 6.07 Å². The fourth-order valence-electron chi connectivity index (χ4n) is 1.63. The Morgan fingerprint density at radius 2 is 2.10 bits per heavy atom. The molecule has 0 saturated carbocycles. The predicted octanol–water partition coefficient (Wildman–Crippen LogP) is 1.00. The Kier molecular flexibility index (Phi) is 5.47. The Hall–Kier alpha value is -1.66. The molecular weight excluding hydrogens is 260 g/mol. The molecule has 0 unspecified atom stereocenters. The number of ether oxygens (including phenoxy) is 1. The molecule has 0 aliphatic heterocycles. The maximum absolute atomic E-state index is 10.9. The molecule has 0 heterocycles. The van der Waals surface area contributed by atoms with E-state index in [1.165, 1.54) is 6.07 Å². The number of aliphatic hydroxyl groups is 1. The van der Waals surface area contributed by atoms with Crippen LogP contribution in [0.15, 0.2) is 18.2 Å². The summed E-state index contributed by atoms with van der Waals surface area (Å²) in [6, 6.07) is 4.69. The minimum Gasteiger partial charge on any atom is -0.484 e. The van der Waals surface area contributed by atoms with E-state index in [2.05, 4.69) is 0 Å². The molecule has 0 aliphatic carbocycles. The Balaban J connectivity index is 2.61. The van der Waals surface area contributed by atoms with Crippen LogP contribution in [0.5, 0.6) is 5.75 Å². The van der Waals surface area contributed by atoms with Crippen LogP contribution in [0.2, 0.25) is 0 Å². The topological polar surface area (TPSA) is 89.2 Å². The van der Waals surface area contributed by atoms with Gasteiger partial charge in [0.1, 0.15) is 19.3 Å². The summed E-state index contributed by atoms with van der Waals surface area (Å²) in [6.45, 7) is 8.50. The van der Waals surface area contributed by atoms with E-state index in [4.69, 9.17) is 4.74 Å². The van der Waals surface area contributed by atoms with E-state index in [0.717, 1.165) is 5.56 Å². The molecular formula is C14H23N2O4+. The molecule has 1 rings (SSSR count). The quantitative estimate of drug-likeness (QED) is 0.602. The number of hydrogen-bond acceptors (Lipinski definition) is 4. The molecule has 6 nitrogen and oxygen atoms in total. The van der Waals surface area contributed by atoms with Crippen molar-refractivity contribution in [3.05, 3.63) is 33.9 Å². The van der Waals surface area contributed by atoms with Gasteiger partial charge in [0.05, 0.1) is 10.5 Å². The van der Waals surface area contributed by atoms with Gasteiger partial charge in [-0.25, -0.2) is 0 Å². The Labute approximate surface area is 118 Å². The molecule has 3 N–H and O–H groups in total. The summed E-state index contributed by atoms with van der Waals surface area (Å²) in [4.78, 5) is 10.4. The summed E-state index contributed by atoms with van der Waals surface area (Å²) < 4.78 is 5.39. The van der Waals surface area contributed by atoms with Gasteiger partial charge < -0.3 is 15.2 Å². The van der Waals surface area contributed by atoms with E-state index >= 15 is 0 Å². The second-order valence-corrected chi connectivity index (χ2v) is 6.00. The lowest BCUT2D eigenvalue weighted by atomic mass is 10.1. The predicted molar refractivity (Wildman–Crippen MR) is 75.9 cm³/mol. The highest BCUT2D eigenvalue weighted by molar-refractivity contribution is 5.48. The van der Waals surface area contributed by atoms with Gasteiger partial charge >= 0.3 is 5.69 Å². The first-order valence-electron chi connectivity index (χ1n) is 6.59. The van der Waals surface area contributed by atoms with Crippen molar-refractivity contribution >= 4 is 5.69 Å². The van der Waals surface area contributed by atoms with Gasteiger partial charge in [0.2, 0.25) is 0 Å². The summed E-state index contributed by atoms with van der Waals surface area (Å²) in [6.07, 6.45) is -0.672. The zero-order valence-electron chi connectivity index (χ0n) is 12.4. The molecule has 0 amide bonds. The normalized spacial score (nSPS) is 13.1. The number of hydrogen-bond donors (Lipinski definition) is 2. The van der Waals surface area contributed by atoms with Crippen molar-refractivity contribution in [2.45, 2.75) is 39.3 Å². The van der Waals surface area contributed by atoms with Crippen LogP contribution < -0.4 is 10.1 Å². The number of rotatable bonds is 6. The number of nitrogens with zero attached hydrogens (tertiary/aromatic N) is 1. The molecule has 1 aromatic carbocycles. The van der Waals surface area contributed by atoms with Crippen LogP contribution in [-0.2, 0) is 0 Å². The van der Waals surface area contributed by atoms with Crippen molar-refractivity contribution in [1.82, 2.24) is 0 Å². The summed E-state index contributed by atoms with van der Waals surface area (Å²) >= 11 is 0. The fraction of sp³-hybridized carbons (Fsp3) is 0.571. The molecule has 112 valence electrons. The summed E-state index contributed by atoms with van der Waals surface area (Å²) in [5, 5.41) is 22.7. The van der Waals surface area contributed by atoms with Gasteiger partial charge in [0.25, 0.3) is 0 Å². The molecule has 1 atom stereocenters. The molecule has 6 heteroatoms. The second-order valence-electron chi connectivity index (χ2n) is 6.00. The van der Waals surface area contributed by atoms with Crippen LogP contribution in [-0.4, -0.2) is 34.8 Å². The number of nitro groups is 1. The van der Waals surface area contributed by atoms with E-state index in [9.17, 15) is 15.2 Å². The van der Waals surface area contributed by atoms with Crippen molar-refractivity contribution < 1.29 is 20.1 Å². The lowest BCUT2D eigenvalue weighted by Gasteiger charge is -2.19. The van der Waals surface area contributed by atoms with Crippen molar-refractivity contribution in [3.8, 4) is 5.75 Å². The molecule has 0 fully saturated rings. The van der Waals surface area contributed by atoms with Crippen LogP contribution in [0, 0.1) is 17.0 Å². The molecule has 1 aromatic rings. The van der Waals surface area contributed by atoms with Crippen LogP contribution in [0.25, 0.3) is 0 Å². The minimum atomic E-state index is -0.672. The van der Waals surface area contributed by atoms with Gasteiger partial charge in [-0.2, -0.15) is 0 Å². The maximum atomic E-state index is 10.9. The van der Waals surface area contributed by atoms with E-state index < -0.39 is 11.0 Å². The average molecular weight is 283 g/mol. The number of nitrogens with two attached hydrogens (primary N) is 1. The summed E-state index contributed by atoms with van der Waals surface area (Å²) in [5.74, 6) is 0.199. The van der Waals surface area contributed by atoms with E-state index in [-0.39, 0.29) is 23.6 Å². The number of aliphatic hydroxyl groups excluding tert-OH is 1. The van der Waals surface area contributed by atoms with Crippen LogP contribution in [0.3, 0.4) is 0 Å². The minimum absolute atomic E-state index is 0.0241. The Morgan fingerprint density at radius 1 is 1.45 bits per heavy atom. The first-order valence-corrected chi connectivity index (χ1v) is 6.59. The molecule has 0 radical (unpaired) electrons. The third-order valence-corrected chi connectivity index (χ3v) is 2.75. The monoisotopic (exact) mass is 283 g/mol. The van der Waals surface area contributed by atoms with Crippen LogP contribution in [0.4, 0.5) is 5.69 Å². The third-order valence-electron chi connectivity index (χ3n) is 2.75. The second kappa shape index (κ2) is 6.67. The number of nitro benzene ring substituents is 1. The lowest BCUT2D eigenvalue weighted by Crippen LogP contribution is -2.96. The zero-order valence-corrected chi connectivity index (χ0v) is 12.4. The van der Waals surface area contributed by atoms with Gasteiger partial charge in [-0.15, -0.1) is 0 Å². The number of benzene rings is 1. The van der Waals surface area contributed by atoms with Crippen molar-refractivity contribution in [1.29, 1.82) is 0 Å². The molecule has 0 aromatic heterocycles. The summed E-state index contributed by atoms with van der Waals surface area (Å²) in [7, 11) is 0. The number of aryl methyl sites for hydroxylation is 1. The van der Waals surface area contributed by atoms with Gasteiger partial charge in [-0.3, -0.25) is 10.1 Å². The lowest BCUT2D eigenvalue weighted by molar-refractivity contribution is -0.722. The van der Waals surface area contributed by atoms with Gasteiger partial charge in [0, 0.05) is 6.07 Å². The van der Waals surface area contributed by atoms with Crippen molar-refractivity contribution in [3.63, 3.8) is 0 Å². The molecule has 20 heavy (non-hydrogen) atoms. The van der Waals surface area contributed by atoms with Crippen molar-refractivity contribution in [2.24, 2.45) is 0 Å². The first kappa shape index (κ1) is 16.4. The smallest absolute Gasteiger partial charge is 0.310 e. The van der Waals surface area contributed by atoms with Gasteiger partial charge in [-0.05, 0) is 39.3 Å². The van der Waals surface area contributed by atoms with E-state index in [1.54, 1.807) is 12.1 Å². The molecule has 0 aliphatic rings. The fourth-order valence-corrected chi connectivity index (χ4v) is 1.63.